The highest BCUT2D eigenvalue weighted by molar-refractivity contribution is 6.00. The van der Waals surface area contributed by atoms with Crippen molar-refractivity contribution < 1.29 is 20.1 Å². The van der Waals surface area contributed by atoms with Crippen LogP contribution in [0.4, 0.5) is 0 Å². The topological polar surface area (TPSA) is 77.8 Å². The van der Waals surface area contributed by atoms with Crippen LogP contribution in [0.2, 0.25) is 0 Å². The smallest absolute Gasteiger partial charge is 0.163 e. The summed E-state index contributed by atoms with van der Waals surface area (Å²) >= 11 is 0. The SMILES string of the molecule is C[C@]12CC(=O)c3cc(O)ccc3[C@@H]1CC[C@]1(C)[C@@H]2C[C@@H](O)[C@@H]1O. The van der Waals surface area contributed by atoms with Crippen molar-refractivity contribution in [1.82, 2.24) is 0 Å². The Morgan fingerprint density at radius 3 is 2.65 bits per heavy atom. The van der Waals surface area contributed by atoms with Crippen molar-refractivity contribution in [1.29, 1.82) is 0 Å². The summed E-state index contributed by atoms with van der Waals surface area (Å²) in [6.07, 6.45) is 1.33. The van der Waals surface area contributed by atoms with E-state index in [1.165, 1.54) is 0 Å². The molecule has 0 spiro atoms. The number of aliphatic hydroxyl groups excluding tert-OH is 2. The van der Waals surface area contributed by atoms with E-state index in [0.29, 0.717) is 18.4 Å². The second-order valence-electron chi connectivity index (χ2n) is 8.27. The van der Waals surface area contributed by atoms with Crippen LogP contribution in [-0.4, -0.2) is 33.3 Å². The molecular weight excluding hydrogens is 292 g/mol. The van der Waals surface area contributed by atoms with Crippen LogP contribution in [0, 0.1) is 16.7 Å². The van der Waals surface area contributed by atoms with Crippen LogP contribution in [0.25, 0.3) is 0 Å². The lowest BCUT2D eigenvalue weighted by Crippen LogP contribution is -2.51. The number of rotatable bonds is 0. The number of fused-ring (bicyclic) bond motifs is 5. The van der Waals surface area contributed by atoms with E-state index >= 15 is 0 Å². The minimum atomic E-state index is -0.707. The third-order valence-corrected chi connectivity index (χ3v) is 7.13. The molecule has 4 heteroatoms. The van der Waals surface area contributed by atoms with Crippen LogP contribution in [-0.2, 0) is 0 Å². The van der Waals surface area contributed by atoms with Crippen molar-refractivity contribution >= 4 is 5.78 Å². The van der Waals surface area contributed by atoms with Crippen LogP contribution >= 0.6 is 0 Å². The van der Waals surface area contributed by atoms with Crippen molar-refractivity contribution in [2.75, 3.05) is 0 Å². The van der Waals surface area contributed by atoms with Crippen LogP contribution in [0.1, 0.15) is 61.4 Å². The van der Waals surface area contributed by atoms with Gasteiger partial charge in [0, 0.05) is 12.0 Å². The Kier molecular flexibility index (Phi) is 3.02. The third kappa shape index (κ3) is 1.82. The second-order valence-corrected chi connectivity index (χ2v) is 8.27. The molecule has 4 rings (SSSR count). The fourth-order valence-corrected chi connectivity index (χ4v) is 5.95. The van der Waals surface area contributed by atoms with Crippen molar-refractivity contribution in [2.45, 2.75) is 57.7 Å². The van der Waals surface area contributed by atoms with E-state index in [1.807, 2.05) is 6.07 Å². The molecule has 3 aliphatic rings. The Balaban J connectivity index is 1.84. The number of hydrogen-bond acceptors (Lipinski definition) is 4. The van der Waals surface area contributed by atoms with Gasteiger partial charge in [-0.15, -0.1) is 0 Å². The van der Waals surface area contributed by atoms with Gasteiger partial charge in [-0.1, -0.05) is 19.9 Å². The predicted octanol–water partition coefficient (Wildman–Crippen LogP) is 2.61. The Hall–Kier alpha value is -1.39. The minimum absolute atomic E-state index is 0.0646. The van der Waals surface area contributed by atoms with Gasteiger partial charge in [-0.3, -0.25) is 4.79 Å². The van der Waals surface area contributed by atoms with Gasteiger partial charge in [-0.05, 0) is 59.6 Å². The molecule has 0 aliphatic heterocycles. The van der Waals surface area contributed by atoms with E-state index in [4.69, 9.17) is 0 Å². The first-order valence-electron chi connectivity index (χ1n) is 8.49. The van der Waals surface area contributed by atoms with E-state index in [0.717, 1.165) is 18.4 Å². The van der Waals surface area contributed by atoms with E-state index in [1.54, 1.807) is 12.1 Å². The average molecular weight is 316 g/mol. The number of aliphatic hydroxyl groups is 2. The van der Waals surface area contributed by atoms with Gasteiger partial charge in [0.15, 0.2) is 5.78 Å². The first kappa shape index (κ1) is 15.2. The first-order chi connectivity index (χ1) is 10.8. The predicted molar refractivity (Wildman–Crippen MR) is 85.4 cm³/mol. The van der Waals surface area contributed by atoms with Crippen LogP contribution in [0.15, 0.2) is 18.2 Å². The Morgan fingerprint density at radius 1 is 1.17 bits per heavy atom. The fourth-order valence-electron chi connectivity index (χ4n) is 5.95. The zero-order chi connectivity index (χ0) is 16.6. The highest BCUT2D eigenvalue weighted by Gasteiger charge is 2.63. The van der Waals surface area contributed by atoms with Gasteiger partial charge < -0.3 is 15.3 Å². The summed E-state index contributed by atoms with van der Waals surface area (Å²) in [6.45, 7) is 4.22. The highest BCUT2D eigenvalue weighted by atomic mass is 16.3. The molecule has 0 bridgehead atoms. The Morgan fingerprint density at radius 2 is 1.91 bits per heavy atom. The fraction of sp³-hybridized carbons (Fsp3) is 0.632. The molecule has 2 fully saturated rings. The number of benzene rings is 1. The van der Waals surface area contributed by atoms with Crippen molar-refractivity contribution in [3.05, 3.63) is 29.3 Å². The molecule has 2 saturated carbocycles. The van der Waals surface area contributed by atoms with Gasteiger partial charge in [0.1, 0.15) is 5.75 Å². The van der Waals surface area contributed by atoms with Crippen LogP contribution < -0.4 is 0 Å². The van der Waals surface area contributed by atoms with Gasteiger partial charge in [0.05, 0.1) is 12.2 Å². The lowest BCUT2D eigenvalue weighted by Gasteiger charge is -2.56. The molecule has 0 aromatic heterocycles. The van der Waals surface area contributed by atoms with Gasteiger partial charge in [0.2, 0.25) is 0 Å². The maximum Gasteiger partial charge on any atom is 0.163 e. The molecule has 0 unspecified atom stereocenters. The molecule has 1 aromatic rings. The lowest BCUT2D eigenvalue weighted by atomic mass is 9.48. The molecule has 0 amide bonds. The van der Waals surface area contributed by atoms with Gasteiger partial charge in [-0.25, -0.2) is 0 Å². The molecule has 3 N–H and O–H groups in total. The second kappa shape index (κ2) is 4.58. The zero-order valence-corrected chi connectivity index (χ0v) is 13.6. The molecular formula is C19H24O4. The van der Waals surface area contributed by atoms with Crippen molar-refractivity contribution in [3.63, 3.8) is 0 Å². The summed E-state index contributed by atoms with van der Waals surface area (Å²) in [6, 6.07) is 5.13. The first-order valence-corrected chi connectivity index (χ1v) is 8.49. The van der Waals surface area contributed by atoms with Crippen molar-refractivity contribution in [2.24, 2.45) is 16.7 Å². The number of carbonyl (C=O) groups is 1. The number of hydrogen-bond donors (Lipinski definition) is 3. The standard InChI is InChI=1S/C19H24O4/c1-18-6-5-13-11-4-3-10(20)7-12(11)15(22)9-19(13,2)16(18)8-14(21)17(18)23/h3-4,7,13-14,16-17,20-21,23H,5-6,8-9H2,1-2H3/t13-,14+,16-,17-,18+,19-/m0/s1. The number of ketones is 1. The molecule has 1 aromatic carbocycles. The van der Waals surface area contributed by atoms with Crippen LogP contribution in [0.3, 0.4) is 0 Å². The lowest BCUT2D eigenvalue weighted by molar-refractivity contribution is -0.0750. The summed E-state index contributed by atoms with van der Waals surface area (Å²) in [5, 5.41) is 30.4. The molecule has 3 aliphatic carbocycles. The number of aromatic hydroxyl groups is 1. The van der Waals surface area contributed by atoms with E-state index < -0.39 is 12.2 Å². The number of Topliss-reactive ketones (excluding diaryl/α,β-unsaturated/α-hetero) is 1. The summed E-state index contributed by atoms with van der Waals surface area (Å²) in [7, 11) is 0. The summed E-state index contributed by atoms with van der Waals surface area (Å²) in [4.78, 5) is 12.7. The summed E-state index contributed by atoms with van der Waals surface area (Å²) in [5.74, 6) is 0.568. The zero-order valence-electron chi connectivity index (χ0n) is 13.6. The van der Waals surface area contributed by atoms with Gasteiger partial charge in [0.25, 0.3) is 0 Å². The monoisotopic (exact) mass is 316 g/mol. The number of carbonyl (C=O) groups excluding carboxylic acids is 1. The van der Waals surface area contributed by atoms with E-state index in [-0.39, 0.29) is 34.2 Å². The quantitative estimate of drug-likeness (QED) is 0.687. The summed E-state index contributed by atoms with van der Waals surface area (Å²) in [5.41, 5.74) is 1.11. The molecule has 6 atom stereocenters. The maximum absolute atomic E-state index is 12.7. The minimum Gasteiger partial charge on any atom is -0.508 e. The molecule has 124 valence electrons. The molecule has 4 nitrogen and oxygen atoms in total. The number of phenolic OH excluding ortho intramolecular Hbond substituents is 1. The van der Waals surface area contributed by atoms with Gasteiger partial charge in [-0.2, -0.15) is 0 Å². The van der Waals surface area contributed by atoms with Crippen molar-refractivity contribution in [3.8, 4) is 5.75 Å². The van der Waals surface area contributed by atoms with E-state index in [9.17, 15) is 20.1 Å². The van der Waals surface area contributed by atoms with Crippen LogP contribution in [0.5, 0.6) is 5.75 Å². The van der Waals surface area contributed by atoms with E-state index in [2.05, 4.69) is 13.8 Å². The Labute approximate surface area is 136 Å². The Bertz CT molecular complexity index is 684. The molecule has 23 heavy (non-hydrogen) atoms. The number of phenols is 1. The third-order valence-electron chi connectivity index (χ3n) is 7.13. The molecule has 0 saturated heterocycles. The highest BCUT2D eigenvalue weighted by Crippen LogP contribution is 2.66. The maximum atomic E-state index is 12.7. The molecule has 0 heterocycles. The summed E-state index contributed by atoms with van der Waals surface area (Å²) < 4.78 is 0. The largest absolute Gasteiger partial charge is 0.508 e. The molecule has 0 radical (unpaired) electrons. The van der Waals surface area contributed by atoms with Gasteiger partial charge >= 0.3 is 0 Å². The normalized spacial score (nSPS) is 45.3. The average Bonchev–Trinajstić information content (AvgIpc) is 2.73.